The molecule has 2 aliphatic rings. The first-order valence-electron chi connectivity index (χ1n) is 7.87. The van der Waals surface area contributed by atoms with Crippen molar-refractivity contribution in [3.63, 3.8) is 0 Å². The van der Waals surface area contributed by atoms with Gasteiger partial charge in [-0.05, 0) is 45.8 Å². The van der Waals surface area contributed by atoms with E-state index in [-0.39, 0.29) is 11.9 Å². The van der Waals surface area contributed by atoms with Gasteiger partial charge >= 0.3 is 0 Å². The normalized spacial score (nSPS) is 25.5. The molecule has 0 aromatic carbocycles. The highest BCUT2D eigenvalue weighted by molar-refractivity contribution is 5.83. The summed E-state index contributed by atoms with van der Waals surface area (Å²) in [4.78, 5) is 16.1. The fourth-order valence-electron chi connectivity index (χ4n) is 3.32. The summed E-state index contributed by atoms with van der Waals surface area (Å²) in [6.45, 7) is 3.01. The van der Waals surface area contributed by atoms with Crippen molar-refractivity contribution in [2.75, 3.05) is 33.7 Å². The number of hydrogen-bond acceptors (Lipinski definition) is 3. The second-order valence-corrected chi connectivity index (χ2v) is 6.18. The van der Waals surface area contributed by atoms with E-state index in [4.69, 9.17) is 0 Å². The van der Waals surface area contributed by atoms with Crippen molar-refractivity contribution in [3.8, 4) is 0 Å². The van der Waals surface area contributed by atoms with Gasteiger partial charge in [0.2, 0.25) is 5.91 Å². The molecular weight excluding hydrogens is 238 g/mol. The summed E-state index contributed by atoms with van der Waals surface area (Å²) in [6.07, 6.45) is 9.06. The molecule has 1 atom stereocenters. The Hall–Kier alpha value is -0.610. The van der Waals surface area contributed by atoms with Crippen LogP contribution in [0.1, 0.15) is 44.9 Å². The number of rotatable bonds is 6. The fourth-order valence-corrected chi connectivity index (χ4v) is 3.32. The molecule has 4 nitrogen and oxygen atoms in total. The van der Waals surface area contributed by atoms with Crippen LogP contribution in [0.25, 0.3) is 0 Å². The zero-order valence-electron chi connectivity index (χ0n) is 12.5. The number of likely N-dealkylation sites (tertiary alicyclic amines) is 1. The van der Waals surface area contributed by atoms with E-state index in [0.717, 1.165) is 38.5 Å². The van der Waals surface area contributed by atoms with Crippen LogP contribution in [0.5, 0.6) is 0 Å². The molecule has 1 aliphatic heterocycles. The van der Waals surface area contributed by atoms with Gasteiger partial charge in [0.1, 0.15) is 0 Å². The lowest BCUT2D eigenvalue weighted by atomic mass is 9.94. The molecule has 1 saturated heterocycles. The van der Waals surface area contributed by atoms with Crippen LogP contribution < -0.4 is 5.32 Å². The predicted octanol–water partition coefficient (Wildman–Crippen LogP) is 1.46. The Labute approximate surface area is 117 Å². The summed E-state index contributed by atoms with van der Waals surface area (Å²) >= 11 is 0. The largest absolute Gasteiger partial charge is 0.344 e. The first-order valence-corrected chi connectivity index (χ1v) is 7.87. The Bertz CT molecular complexity index is 289. The Morgan fingerprint density at radius 3 is 2.63 bits per heavy atom. The molecule has 0 aromatic rings. The molecule has 1 heterocycles. The Morgan fingerprint density at radius 1 is 1.26 bits per heavy atom. The average molecular weight is 267 g/mol. The van der Waals surface area contributed by atoms with E-state index in [9.17, 15) is 4.79 Å². The van der Waals surface area contributed by atoms with E-state index >= 15 is 0 Å². The highest BCUT2D eigenvalue weighted by atomic mass is 16.2. The molecular formula is C15H29N3O. The van der Waals surface area contributed by atoms with Crippen LogP contribution in [0.4, 0.5) is 0 Å². The van der Waals surface area contributed by atoms with Crippen LogP contribution >= 0.6 is 0 Å². The zero-order valence-corrected chi connectivity index (χ0v) is 12.5. The minimum atomic E-state index is 0.0741. The topological polar surface area (TPSA) is 35.6 Å². The maximum Gasteiger partial charge on any atom is 0.239 e. The van der Waals surface area contributed by atoms with Gasteiger partial charge in [-0.2, -0.15) is 0 Å². The molecule has 19 heavy (non-hydrogen) atoms. The summed E-state index contributed by atoms with van der Waals surface area (Å²) < 4.78 is 0. The van der Waals surface area contributed by atoms with Crippen LogP contribution in [0.2, 0.25) is 0 Å². The number of amides is 1. The van der Waals surface area contributed by atoms with Crippen LogP contribution in [0, 0.1) is 0 Å². The number of nitrogens with one attached hydrogen (secondary N) is 1. The quantitative estimate of drug-likeness (QED) is 0.740. The van der Waals surface area contributed by atoms with Crippen LogP contribution in [-0.2, 0) is 4.79 Å². The van der Waals surface area contributed by atoms with Crippen molar-refractivity contribution in [1.82, 2.24) is 15.1 Å². The van der Waals surface area contributed by atoms with Gasteiger partial charge in [0, 0.05) is 19.6 Å². The highest BCUT2D eigenvalue weighted by Gasteiger charge is 2.28. The van der Waals surface area contributed by atoms with Crippen LogP contribution in [0.3, 0.4) is 0 Å². The fraction of sp³-hybridized carbons (Fsp3) is 0.933. The van der Waals surface area contributed by atoms with E-state index in [1.165, 1.54) is 32.1 Å². The van der Waals surface area contributed by atoms with Crippen LogP contribution in [-0.4, -0.2) is 61.5 Å². The van der Waals surface area contributed by atoms with E-state index in [1.54, 1.807) is 0 Å². The summed E-state index contributed by atoms with van der Waals surface area (Å²) in [5.41, 5.74) is 0. The maximum absolute atomic E-state index is 11.7. The lowest BCUT2D eigenvalue weighted by Crippen LogP contribution is -2.39. The molecule has 0 aromatic heterocycles. The van der Waals surface area contributed by atoms with Crippen molar-refractivity contribution >= 4 is 5.91 Å². The molecule has 1 saturated carbocycles. The summed E-state index contributed by atoms with van der Waals surface area (Å²) in [5.74, 6) is 0.264. The van der Waals surface area contributed by atoms with E-state index in [2.05, 4.69) is 17.3 Å². The lowest BCUT2D eigenvalue weighted by Gasteiger charge is -2.31. The van der Waals surface area contributed by atoms with Gasteiger partial charge < -0.3 is 15.1 Å². The molecule has 1 N–H and O–H groups in total. The van der Waals surface area contributed by atoms with Crippen molar-refractivity contribution < 1.29 is 4.79 Å². The molecule has 0 radical (unpaired) electrons. The molecule has 1 unspecified atom stereocenters. The first kappa shape index (κ1) is 14.8. The molecule has 1 aliphatic carbocycles. The van der Waals surface area contributed by atoms with Crippen LogP contribution in [0.15, 0.2) is 0 Å². The second-order valence-electron chi connectivity index (χ2n) is 6.18. The average Bonchev–Trinajstić information content (AvgIpc) is 2.76. The first-order chi connectivity index (χ1) is 9.18. The molecule has 2 rings (SSSR count). The molecule has 2 fully saturated rings. The van der Waals surface area contributed by atoms with Crippen molar-refractivity contribution in [2.45, 2.75) is 57.0 Å². The third-order valence-corrected chi connectivity index (χ3v) is 4.70. The van der Waals surface area contributed by atoms with E-state index in [1.807, 2.05) is 11.9 Å². The van der Waals surface area contributed by atoms with Gasteiger partial charge in [0.15, 0.2) is 0 Å². The molecule has 4 heteroatoms. The second kappa shape index (κ2) is 7.25. The van der Waals surface area contributed by atoms with Crippen molar-refractivity contribution in [2.24, 2.45) is 0 Å². The zero-order chi connectivity index (χ0) is 13.7. The van der Waals surface area contributed by atoms with Gasteiger partial charge in [0.05, 0.1) is 6.04 Å². The summed E-state index contributed by atoms with van der Waals surface area (Å²) in [7, 11) is 4.14. The predicted molar refractivity (Wildman–Crippen MR) is 78.2 cm³/mol. The summed E-state index contributed by atoms with van der Waals surface area (Å²) in [5, 5.41) is 3.40. The Kier molecular flexibility index (Phi) is 5.64. The molecule has 1 amide bonds. The van der Waals surface area contributed by atoms with Gasteiger partial charge in [-0.15, -0.1) is 0 Å². The van der Waals surface area contributed by atoms with Gasteiger partial charge in [-0.1, -0.05) is 19.3 Å². The Balaban J connectivity index is 1.57. The van der Waals surface area contributed by atoms with Crippen molar-refractivity contribution in [3.05, 3.63) is 0 Å². The monoisotopic (exact) mass is 267 g/mol. The highest BCUT2D eigenvalue weighted by Crippen LogP contribution is 2.21. The number of carbonyl (C=O) groups is 1. The number of nitrogens with zero attached hydrogens (tertiary/aromatic N) is 2. The van der Waals surface area contributed by atoms with Crippen molar-refractivity contribution in [1.29, 1.82) is 0 Å². The third kappa shape index (κ3) is 4.18. The standard InChI is InChI=1S/C15H29N3O/c1-17(13-7-4-3-5-8-13)11-6-10-16-14-9-12-18(2)15(14)19/h13-14,16H,3-12H2,1-2H3. The van der Waals surface area contributed by atoms with Gasteiger partial charge in [-0.25, -0.2) is 0 Å². The number of likely N-dealkylation sites (N-methyl/N-ethyl adjacent to an activating group) is 1. The molecule has 0 bridgehead atoms. The maximum atomic E-state index is 11.7. The minimum absolute atomic E-state index is 0.0741. The Morgan fingerprint density at radius 2 is 2.00 bits per heavy atom. The SMILES string of the molecule is CN1CCC(NCCCN(C)C2CCCCC2)C1=O. The summed E-state index contributed by atoms with van der Waals surface area (Å²) in [6, 6.07) is 0.873. The lowest BCUT2D eigenvalue weighted by molar-refractivity contribution is -0.128. The van der Waals surface area contributed by atoms with Gasteiger partial charge in [0.25, 0.3) is 0 Å². The molecule has 110 valence electrons. The van der Waals surface area contributed by atoms with E-state index in [0.29, 0.717) is 0 Å². The molecule has 0 spiro atoms. The van der Waals surface area contributed by atoms with E-state index < -0.39 is 0 Å². The van der Waals surface area contributed by atoms with Gasteiger partial charge in [-0.3, -0.25) is 4.79 Å². The minimum Gasteiger partial charge on any atom is -0.344 e. The smallest absolute Gasteiger partial charge is 0.239 e. The number of hydrogen-bond donors (Lipinski definition) is 1. The number of carbonyl (C=O) groups excluding carboxylic acids is 1. The third-order valence-electron chi connectivity index (χ3n) is 4.70.